The fourth-order valence-corrected chi connectivity index (χ4v) is 4.52. The van der Waals surface area contributed by atoms with Gasteiger partial charge < -0.3 is 4.84 Å². The summed E-state index contributed by atoms with van der Waals surface area (Å²) in [6.45, 7) is 13.0. The van der Waals surface area contributed by atoms with Gasteiger partial charge in [-0.15, -0.1) is 5.06 Å². The van der Waals surface area contributed by atoms with Crippen LogP contribution in [0.5, 0.6) is 0 Å². The first-order chi connectivity index (χ1) is 14.3. The molecule has 0 saturated carbocycles. The van der Waals surface area contributed by atoms with E-state index in [0.717, 1.165) is 38.8 Å². The van der Waals surface area contributed by atoms with Crippen molar-refractivity contribution in [1.82, 2.24) is 5.06 Å². The van der Waals surface area contributed by atoms with Crippen molar-refractivity contribution in [1.29, 1.82) is 0 Å². The molecule has 0 unspecified atom stereocenters. The second-order valence-corrected chi connectivity index (χ2v) is 11.2. The van der Waals surface area contributed by atoms with Crippen LogP contribution >= 0.6 is 0 Å². The van der Waals surface area contributed by atoms with Crippen LogP contribution in [0.1, 0.15) is 144 Å². The van der Waals surface area contributed by atoms with Gasteiger partial charge in [0.15, 0.2) is 0 Å². The number of rotatable bonds is 17. The van der Waals surface area contributed by atoms with E-state index in [1.807, 2.05) is 5.06 Å². The van der Waals surface area contributed by atoms with Crippen LogP contribution in [0.4, 0.5) is 0 Å². The van der Waals surface area contributed by atoms with Crippen LogP contribution < -0.4 is 0 Å². The van der Waals surface area contributed by atoms with Crippen LogP contribution in [0.15, 0.2) is 0 Å². The van der Waals surface area contributed by atoms with Crippen molar-refractivity contribution >= 4 is 5.97 Å². The number of nitrogens with zero attached hydrogens (tertiary/aromatic N) is 1. The van der Waals surface area contributed by atoms with Gasteiger partial charge in [0.25, 0.3) is 0 Å². The number of unbranched alkanes of at least 4 members (excludes halogenated alkanes) is 9. The molecule has 0 aromatic carbocycles. The van der Waals surface area contributed by atoms with Crippen molar-refractivity contribution in [3.05, 3.63) is 0 Å². The van der Waals surface area contributed by atoms with Gasteiger partial charge in [0.1, 0.15) is 0 Å². The fourth-order valence-electron chi connectivity index (χ4n) is 4.52. The SMILES string of the molecule is CCCCCCCCCCCCC(C)(C)CCCC(C)(C)C(=O)ON1CCCCC1. The molecule has 3 heteroatoms. The molecular formula is C27H53NO2. The van der Waals surface area contributed by atoms with Crippen molar-refractivity contribution in [2.75, 3.05) is 13.1 Å². The summed E-state index contributed by atoms with van der Waals surface area (Å²) >= 11 is 0. The van der Waals surface area contributed by atoms with Gasteiger partial charge in [-0.1, -0.05) is 97.8 Å². The van der Waals surface area contributed by atoms with Crippen LogP contribution in [0.2, 0.25) is 0 Å². The first-order valence-corrected chi connectivity index (χ1v) is 13.2. The minimum atomic E-state index is -0.384. The number of piperidine rings is 1. The van der Waals surface area contributed by atoms with E-state index >= 15 is 0 Å². The van der Waals surface area contributed by atoms with Crippen LogP contribution in [0.25, 0.3) is 0 Å². The Morgan fingerprint density at radius 3 is 1.77 bits per heavy atom. The van der Waals surface area contributed by atoms with Gasteiger partial charge >= 0.3 is 5.97 Å². The van der Waals surface area contributed by atoms with E-state index < -0.39 is 0 Å². The minimum absolute atomic E-state index is 0.0445. The van der Waals surface area contributed by atoms with Gasteiger partial charge in [0.05, 0.1) is 5.41 Å². The average molecular weight is 424 g/mol. The first-order valence-electron chi connectivity index (χ1n) is 13.2. The lowest BCUT2D eigenvalue weighted by atomic mass is 9.79. The van der Waals surface area contributed by atoms with Crippen molar-refractivity contribution < 1.29 is 9.63 Å². The van der Waals surface area contributed by atoms with Crippen molar-refractivity contribution in [3.63, 3.8) is 0 Å². The lowest BCUT2D eigenvalue weighted by Crippen LogP contribution is -2.37. The molecule has 1 aliphatic rings. The quantitative estimate of drug-likeness (QED) is 0.220. The predicted molar refractivity (Wildman–Crippen MR) is 129 cm³/mol. The molecule has 0 aromatic rings. The van der Waals surface area contributed by atoms with E-state index in [-0.39, 0.29) is 11.4 Å². The third kappa shape index (κ3) is 13.0. The average Bonchev–Trinajstić information content (AvgIpc) is 2.70. The Morgan fingerprint density at radius 2 is 1.20 bits per heavy atom. The molecule has 1 heterocycles. The summed E-state index contributed by atoms with van der Waals surface area (Å²) in [6, 6.07) is 0. The van der Waals surface area contributed by atoms with Gasteiger partial charge in [-0.2, -0.15) is 0 Å². The Morgan fingerprint density at radius 1 is 0.700 bits per heavy atom. The molecule has 0 radical (unpaired) electrons. The Kier molecular flexibility index (Phi) is 14.0. The molecule has 30 heavy (non-hydrogen) atoms. The maximum Gasteiger partial charge on any atom is 0.330 e. The molecule has 1 saturated heterocycles. The summed E-state index contributed by atoms with van der Waals surface area (Å²) in [5.74, 6) is -0.0445. The highest BCUT2D eigenvalue weighted by atomic mass is 16.7. The van der Waals surface area contributed by atoms with Gasteiger partial charge in [0.2, 0.25) is 0 Å². The van der Waals surface area contributed by atoms with E-state index in [9.17, 15) is 4.79 Å². The molecule has 1 aliphatic heterocycles. The number of carbonyl (C=O) groups excluding carboxylic acids is 1. The van der Waals surface area contributed by atoms with E-state index in [0.29, 0.717) is 5.41 Å². The van der Waals surface area contributed by atoms with Crippen LogP contribution in [-0.2, 0) is 9.63 Å². The Balaban J connectivity index is 2.10. The molecule has 0 N–H and O–H groups in total. The summed E-state index contributed by atoms with van der Waals surface area (Å²) in [4.78, 5) is 18.3. The molecule has 178 valence electrons. The van der Waals surface area contributed by atoms with Gasteiger partial charge in [-0.25, -0.2) is 4.79 Å². The van der Waals surface area contributed by atoms with E-state index in [1.54, 1.807) is 0 Å². The topological polar surface area (TPSA) is 29.5 Å². The second-order valence-electron chi connectivity index (χ2n) is 11.2. The first kappa shape index (κ1) is 27.5. The highest BCUT2D eigenvalue weighted by molar-refractivity contribution is 5.75. The minimum Gasteiger partial charge on any atom is -0.367 e. The Hall–Kier alpha value is -0.570. The summed E-state index contributed by atoms with van der Waals surface area (Å²) in [5.41, 5.74) is -0.00232. The number of hydroxylamine groups is 2. The summed E-state index contributed by atoms with van der Waals surface area (Å²) in [6.07, 6.45) is 22.1. The van der Waals surface area contributed by atoms with E-state index in [1.165, 1.54) is 83.5 Å². The second kappa shape index (κ2) is 15.3. The molecule has 0 aromatic heterocycles. The molecule has 1 rings (SSSR count). The zero-order chi connectivity index (χ0) is 22.3. The maximum atomic E-state index is 12.6. The van der Waals surface area contributed by atoms with Gasteiger partial charge in [0, 0.05) is 13.1 Å². The molecule has 0 atom stereocenters. The predicted octanol–water partition coefficient (Wildman–Crippen LogP) is 8.46. The van der Waals surface area contributed by atoms with Crippen LogP contribution in [0.3, 0.4) is 0 Å². The zero-order valence-electron chi connectivity index (χ0n) is 21.2. The molecular weight excluding hydrogens is 370 g/mol. The Labute approximate surface area is 188 Å². The smallest absolute Gasteiger partial charge is 0.330 e. The monoisotopic (exact) mass is 423 g/mol. The fraction of sp³-hybridized carbons (Fsp3) is 0.963. The van der Waals surface area contributed by atoms with E-state index in [2.05, 4.69) is 34.6 Å². The molecule has 0 spiro atoms. The van der Waals surface area contributed by atoms with Crippen LogP contribution in [0, 0.1) is 10.8 Å². The summed E-state index contributed by atoms with van der Waals surface area (Å²) in [5, 5.41) is 1.88. The van der Waals surface area contributed by atoms with E-state index in [4.69, 9.17) is 4.84 Å². The molecule has 0 bridgehead atoms. The highest BCUT2D eigenvalue weighted by Gasteiger charge is 2.32. The third-order valence-electron chi connectivity index (χ3n) is 6.94. The number of carbonyl (C=O) groups is 1. The van der Waals surface area contributed by atoms with Gasteiger partial charge in [-0.3, -0.25) is 0 Å². The lowest BCUT2D eigenvalue weighted by Gasteiger charge is -2.31. The highest BCUT2D eigenvalue weighted by Crippen LogP contribution is 2.34. The van der Waals surface area contributed by atoms with Gasteiger partial charge in [-0.05, 0) is 51.4 Å². The maximum absolute atomic E-state index is 12.6. The zero-order valence-corrected chi connectivity index (χ0v) is 21.2. The number of hydrogen-bond acceptors (Lipinski definition) is 3. The Bertz CT molecular complexity index is 438. The lowest BCUT2D eigenvalue weighted by molar-refractivity contribution is -0.205. The number of hydrogen-bond donors (Lipinski definition) is 0. The molecule has 1 fully saturated rings. The van der Waals surface area contributed by atoms with Crippen molar-refractivity contribution in [3.8, 4) is 0 Å². The normalized spacial score (nSPS) is 16.0. The molecule has 0 aliphatic carbocycles. The molecule has 0 amide bonds. The van der Waals surface area contributed by atoms with Crippen molar-refractivity contribution in [2.24, 2.45) is 10.8 Å². The molecule has 3 nitrogen and oxygen atoms in total. The third-order valence-corrected chi connectivity index (χ3v) is 6.94. The summed E-state index contributed by atoms with van der Waals surface area (Å²) < 4.78 is 0. The largest absolute Gasteiger partial charge is 0.367 e. The standard InChI is InChI=1S/C27H53NO2/c1-6-7-8-9-10-11-12-13-14-16-20-26(2,3)21-19-22-27(4,5)25(29)30-28-23-17-15-18-24-28/h6-24H2,1-5H3. The summed E-state index contributed by atoms with van der Waals surface area (Å²) in [7, 11) is 0. The van der Waals surface area contributed by atoms with Crippen LogP contribution in [-0.4, -0.2) is 24.1 Å². The van der Waals surface area contributed by atoms with Crippen molar-refractivity contribution in [2.45, 2.75) is 144 Å².